The minimum absolute atomic E-state index is 0.0738. The van der Waals surface area contributed by atoms with Crippen LogP contribution in [0.15, 0.2) is 23.8 Å². The van der Waals surface area contributed by atoms with Crippen molar-refractivity contribution in [2.24, 2.45) is 0 Å². The van der Waals surface area contributed by atoms with Gasteiger partial charge in [0, 0.05) is 50.0 Å². The summed E-state index contributed by atoms with van der Waals surface area (Å²) in [5.41, 5.74) is -0.408. The fourth-order valence-corrected chi connectivity index (χ4v) is 4.77. The summed E-state index contributed by atoms with van der Waals surface area (Å²) in [6.07, 6.45) is -1.80. The smallest absolute Gasteiger partial charge is 0.434 e. The number of aromatic nitrogens is 3. The van der Waals surface area contributed by atoms with Crippen LogP contribution >= 0.6 is 11.3 Å². The molecule has 2 aliphatic heterocycles. The lowest BCUT2D eigenvalue weighted by atomic mass is 10.1. The molecule has 0 radical (unpaired) electrons. The molecule has 5 rings (SSSR count). The van der Waals surface area contributed by atoms with Crippen molar-refractivity contribution in [1.82, 2.24) is 19.9 Å². The molecule has 9 nitrogen and oxygen atoms in total. The van der Waals surface area contributed by atoms with Crippen LogP contribution in [0.4, 0.5) is 24.1 Å². The van der Waals surface area contributed by atoms with E-state index >= 15 is 0 Å². The maximum Gasteiger partial charge on any atom is 0.434 e. The first kappa shape index (κ1) is 24.9. The van der Waals surface area contributed by atoms with Gasteiger partial charge in [0.15, 0.2) is 10.8 Å². The molecular weight excluding hydrogens is 499 g/mol. The molecule has 36 heavy (non-hydrogen) atoms. The Morgan fingerprint density at radius 3 is 2.61 bits per heavy atom. The molecule has 194 valence electrons. The summed E-state index contributed by atoms with van der Waals surface area (Å²) in [6, 6.07) is 3.57. The van der Waals surface area contributed by atoms with Crippen LogP contribution in [0.1, 0.15) is 18.5 Å². The Hall–Kier alpha value is -2.74. The molecule has 3 aromatic rings. The van der Waals surface area contributed by atoms with Gasteiger partial charge in [-0.05, 0) is 0 Å². The molecule has 2 aromatic heterocycles. The SMILES string of the molecule is FC(F)(F)c1csc(Nc2ncnc3cc(OCCN4CCOCC4)cc(OC4CCOCC4)c23)n1. The number of nitrogens with zero attached hydrogens (tertiary/aromatic N) is 4. The van der Waals surface area contributed by atoms with Crippen LogP contribution in [-0.4, -0.2) is 78.6 Å². The Kier molecular flexibility index (Phi) is 7.70. The fourth-order valence-electron chi connectivity index (χ4n) is 4.05. The molecule has 0 spiro atoms. The fraction of sp³-hybridized carbons (Fsp3) is 0.522. The number of hydrogen-bond acceptors (Lipinski definition) is 10. The zero-order chi connectivity index (χ0) is 25.0. The van der Waals surface area contributed by atoms with Crippen LogP contribution in [0.25, 0.3) is 10.9 Å². The number of benzene rings is 1. The van der Waals surface area contributed by atoms with Crippen molar-refractivity contribution < 1.29 is 32.1 Å². The van der Waals surface area contributed by atoms with Gasteiger partial charge in [0.05, 0.1) is 37.3 Å². The number of hydrogen-bond donors (Lipinski definition) is 1. The normalized spacial score (nSPS) is 17.9. The third-order valence-electron chi connectivity index (χ3n) is 5.94. The summed E-state index contributed by atoms with van der Waals surface area (Å²) in [6.45, 7) is 5.61. The Labute approximate surface area is 209 Å². The van der Waals surface area contributed by atoms with E-state index in [-0.39, 0.29) is 11.2 Å². The van der Waals surface area contributed by atoms with Crippen molar-refractivity contribution in [3.05, 3.63) is 29.5 Å². The van der Waals surface area contributed by atoms with Crippen molar-refractivity contribution >= 4 is 33.2 Å². The number of ether oxygens (including phenoxy) is 4. The molecule has 0 saturated carbocycles. The number of halogens is 3. The van der Waals surface area contributed by atoms with E-state index in [1.807, 2.05) is 0 Å². The quantitative estimate of drug-likeness (QED) is 0.466. The number of thiazole rings is 1. The van der Waals surface area contributed by atoms with E-state index in [2.05, 4.69) is 25.2 Å². The van der Waals surface area contributed by atoms with E-state index in [1.165, 1.54) is 6.33 Å². The molecule has 0 atom stereocenters. The van der Waals surface area contributed by atoms with Gasteiger partial charge < -0.3 is 24.3 Å². The zero-order valence-corrected chi connectivity index (χ0v) is 20.2. The van der Waals surface area contributed by atoms with Crippen LogP contribution < -0.4 is 14.8 Å². The predicted octanol–water partition coefficient (Wildman–Crippen LogP) is 4.12. The minimum atomic E-state index is -4.52. The minimum Gasteiger partial charge on any atom is -0.492 e. The molecule has 0 amide bonds. The van der Waals surface area contributed by atoms with E-state index in [1.54, 1.807) is 12.1 Å². The highest BCUT2D eigenvalue weighted by Gasteiger charge is 2.34. The maximum atomic E-state index is 13.0. The highest BCUT2D eigenvalue weighted by atomic mass is 32.1. The van der Waals surface area contributed by atoms with Crippen LogP contribution in [-0.2, 0) is 15.7 Å². The Morgan fingerprint density at radius 1 is 1.08 bits per heavy atom. The first-order valence-electron chi connectivity index (χ1n) is 11.7. The summed E-state index contributed by atoms with van der Waals surface area (Å²) < 4.78 is 62.3. The van der Waals surface area contributed by atoms with Gasteiger partial charge in [0.25, 0.3) is 0 Å². The lowest BCUT2D eigenvalue weighted by Gasteiger charge is -2.26. The third kappa shape index (κ3) is 6.14. The monoisotopic (exact) mass is 525 g/mol. The second kappa shape index (κ2) is 11.1. The topological polar surface area (TPSA) is 90.9 Å². The van der Waals surface area contributed by atoms with Gasteiger partial charge in [0.2, 0.25) is 0 Å². The Morgan fingerprint density at radius 2 is 1.86 bits per heavy atom. The van der Waals surface area contributed by atoms with Crippen molar-refractivity contribution in [2.45, 2.75) is 25.1 Å². The van der Waals surface area contributed by atoms with Crippen molar-refractivity contribution in [1.29, 1.82) is 0 Å². The van der Waals surface area contributed by atoms with E-state index < -0.39 is 11.9 Å². The highest BCUT2D eigenvalue weighted by Crippen LogP contribution is 2.38. The number of anilines is 2. The van der Waals surface area contributed by atoms with Gasteiger partial charge in [-0.2, -0.15) is 13.2 Å². The maximum absolute atomic E-state index is 13.0. The van der Waals surface area contributed by atoms with E-state index in [0.717, 1.165) is 62.4 Å². The number of nitrogens with one attached hydrogen (secondary N) is 1. The highest BCUT2D eigenvalue weighted by molar-refractivity contribution is 7.13. The molecule has 0 aliphatic carbocycles. The van der Waals surface area contributed by atoms with Crippen LogP contribution in [0, 0.1) is 0 Å². The second-order valence-electron chi connectivity index (χ2n) is 8.43. The number of rotatable bonds is 8. The van der Waals surface area contributed by atoms with Crippen LogP contribution in [0.3, 0.4) is 0 Å². The predicted molar refractivity (Wildman–Crippen MR) is 127 cm³/mol. The second-order valence-corrected chi connectivity index (χ2v) is 9.29. The number of morpholine rings is 1. The molecule has 2 saturated heterocycles. The Bertz CT molecular complexity index is 1170. The molecular formula is C23H26F3N5O4S. The first-order valence-corrected chi connectivity index (χ1v) is 12.6. The first-order chi connectivity index (χ1) is 17.5. The average Bonchev–Trinajstić information content (AvgIpc) is 3.35. The van der Waals surface area contributed by atoms with E-state index in [9.17, 15) is 13.2 Å². The van der Waals surface area contributed by atoms with Crippen molar-refractivity contribution in [3.8, 4) is 11.5 Å². The number of alkyl halides is 3. The lowest BCUT2D eigenvalue weighted by Crippen LogP contribution is -2.38. The number of fused-ring (bicyclic) bond motifs is 1. The van der Waals surface area contributed by atoms with E-state index in [0.29, 0.717) is 48.0 Å². The summed E-state index contributed by atoms with van der Waals surface area (Å²) in [4.78, 5) is 14.6. The molecule has 1 N–H and O–H groups in total. The van der Waals surface area contributed by atoms with Gasteiger partial charge >= 0.3 is 6.18 Å². The van der Waals surface area contributed by atoms with Crippen LogP contribution in [0.2, 0.25) is 0 Å². The molecule has 2 aliphatic rings. The molecule has 0 unspecified atom stereocenters. The van der Waals surface area contributed by atoms with Gasteiger partial charge in [-0.15, -0.1) is 11.3 Å². The van der Waals surface area contributed by atoms with Crippen LogP contribution in [0.5, 0.6) is 11.5 Å². The van der Waals surface area contributed by atoms with Crippen molar-refractivity contribution in [2.75, 3.05) is 58.0 Å². The van der Waals surface area contributed by atoms with Crippen molar-refractivity contribution in [3.63, 3.8) is 0 Å². The van der Waals surface area contributed by atoms with Gasteiger partial charge in [-0.3, -0.25) is 4.90 Å². The standard InChI is InChI=1S/C23H26F3N5O4S/c24-23(25,26)19-13-36-22(29-19)30-21-20-17(27-14-28-21)11-16(34-10-5-31-3-8-33-9-4-31)12-18(20)35-15-1-6-32-7-2-15/h11-15H,1-10H2,(H,27,28,29,30). The molecule has 1 aromatic carbocycles. The summed E-state index contributed by atoms with van der Waals surface area (Å²) in [5, 5.41) is 4.50. The van der Waals surface area contributed by atoms with Gasteiger partial charge in [0.1, 0.15) is 36.4 Å². The Balaban J connectivity index is 1.41. The van der Waals surface area contributed by atoms with Gasteiger partial charge in [-0.1, -0.05) is 0 Å². The largest absolute Gasteiger partial charge is 0.492 e. The average molecular weight is 526 g/mol. The lowest BCUT2D eigenvalue weighted by molar-refractivity contribution is -0.140. The van der Waals surface area contributed by atoms with Gasteiger partial charge in [-0.25, -0.2) is 15.0 Å². The molecule has 0 bridgehead atoms. The molecule has 4 heterocycles. The summed E-state index contributed by atoms with van der Waals surface area (Å²) >= 11 is 0.851. The summed E-state index contributed by atoms with van der Waals surface area (Å²) in [7, 11) is 0. The zero-order valence-electron chi connectivity index (χ0n) is 19.4. The molecule has 2 fully saturated rings. The molecule has 13 heteroatoms. The third-order valence-corrected chi connectivity index (χ3v) is 6.69. The van der Waals surface area contributed by atoms with E-state index in [4.69, 9.17) is 18.9 Å². The summed E-state index contributed by atoms with van der Waals surface area (Å²) in [5.74, 6) is 1.40.